The summed E-state index contributed by atoms with van der Waals surface area (Å²) >= 11 is 0. The second-order valence-electron chi connectivity index (χ2n) is 8.71. The molecule has 0 saturated heterocycles. The van der Waals surface area contributed by atoms with Crippen molar-refractivity contribution in [2.45, 2.75) is 25.2 Å². The van der Waals surface area contributed by atoms with Crippen LogP contribution >= 0.6 is 0 Å². The van der Waals surface area contributed by atoms with Crippen LogP contribution in [0, 0.1) is 0 Å². The van der Waals surface area contributed by atoms with Crippen molar-refractivity contribution in [3.05, 3.63) is 93.9 Å². The molecule has 27 heavy (non-hydrogen) atoms. The third-order valence-corrected chi connectivity index (χ3v) is 8.24. The molecule has 2 aliphatic carbocycles. The summed E-state index contributed by atoms with van der Waals surface area (Å²) in [6, 6.07) is 20.2. The molecular formula is C26H24Si. The van der Waals surface area contributed by atoms with E-state index in [4.69, 9.17) is 0 Å². The van der Waals surface area contributed by atoms with E-state index in [2.05, 4.69) is 105 Å². The molecule has 0 bridgehead atoms. The minimum Gasteiger partial charge on any atom is -0.0688 e. The summed E-state index contributed by atoms with van der Waals surface area (Å²) in [7, 11) is -1.51. The summed E-state index contributed by atoms with van der Waals surface area (Å²) in [5.41, 5.74) is 6.25. The van der Waals surface area contributed by atoms with Gasteiger partial charge >= 0.3 is 0 Å². The maximum Gasteiger partial charge on any atom is 0.0574 e. The fourth-order valence-electron chi connectivity index (χ4n) is 4.76. The third kappa shape index (κ3) is 2.57. The molecule has 0 fully saturated rings. The highest BCUT2D eigenvalue weighted by Gasteiger charge is 2.35. The van der Waals surface area contributed by atoms with Crippen LogP contribution in [0.2, 0.25) is 19.6 Å². The number of benzene rings is 3. The Morgan fingerprint density at radius 2 is 1.44 bits per heavy atom. The molecule has 0 aromatic heterocycles. The molecular weight excluding hydrogens is 340 g/mol. The van der Waals surface area contributed by atoms with Crippen molar-refractivity contribution in [3.63, 3.8) is 0 Å². The molecule has 1 unspecified atom stereocenters. The Labute approximate surface area is 161 Å². The number of hydrogen-bond acceptors (Lipinski definition) is 0. The summed E-state index contributed by atoms with van der Waals surface area (Å²) in [5, 5.41) is 5.55. The average Bonchev–Trinajstić information content (AvgIpc) is 3.15. The van der Waals surface area contributed by atoms with E-state index in [-0.39, 0.29) is 0 Å². The lowest BCUT2D eigenvalue weighted by Gasteiger charge is -2.35. The molecule has 0 N–H and O–H groups in total. The Balaban J connectivity index is 1.85. The van der Waals surface area contributed by atoms with Crippen molar-refractivity contribution in [1.29, 1.82) is 0 Å². The maximum atomic E-state index is 2.50. The minimum atomic E-state index is -1.51. The van der Waals surface area contributed by atoms with Crippen LogP contribution < -0.4 is 10.4 Å². The van der Waals surface area contributed by atoms with Gasteiger partial charge in [-0.2, -0.15) is 0 Å². The molecule has 1 atom stereocenters. The second kappa shape index (κ2) is 5.93. The maximum absolute atomic E-state index is 2.50. The van der Waals surface area contributed by atoms with Crippen LogP contribution in [0.25, 0.3) is 34.6 Å². The summed E-state index contributed by atoms with van der Waals surface area (Å²) in [6.07, 6.45) is 11.3. The molecule has 1 heteroatoms. The Kier molecular flexibility index (Phi) is 3.63. The number of allylic oxidation sites excluding steroid dienone is 3. The predicted octanol–water partition coefficient (Wildman–Crippen LogP) is 5.49. The van der Waals surface area contributed by atoms with Gasteiger partial charge in [-0.15, -0.1) is 0 Å². The topological polar surface area (TPSA) is 0 Å². The van der Waals surface area contributed by atoms with Gasteiger partial charge in [0.2, 0.25) is 0 Å². The first kappa shape index (κ1) is 16.5. The Hall–Kier alpha value is -2.64. The molecule has 0 aliphatic heterocycles. The van der Waals surface area contributed by atoms with Crippen molar-refractivity contribution in [1.82, 2.24) is 0 Å². The molecule has 132 valence electrons. The minimum absolute atomic E-state index is 0.496. The van der Waals surface area contributed by atoms with Gasteiger partial charge in [-0.3, -0.25) is 0 Å². The van der Waals surface area contributed by atoms with Crippen LogP contribution in [0.3, 0.4) is 0 Å². The lowest BCUT2D eigenvalue weighted by molar-refractivity contribution is 1.14. The molecule has 0 amide bonds. The van der Waals surface area contributed by atoms with Crippen LogP contribution in [0.5, 0.6) is 0 Å². The quantitative estimate of drug-likeness (QED) is 0.528. The number of fused-ring (bicyclic) bond motifs is 5. The summed E-state index contributed by atoms with van der Waals surface area (Å²) in [5.74, 6) is 0. The first-order valence-corrected chi connectivity index (χ1v) is 13.3. The highest BCUT2D eigenvalue weighted by Crippen LogP contribution is 2.42. The molecule has 3 aromatic rings. The van der Waals surface area contributed by atoms with Gasteiger partial charge in [0.25, 0.3) is 0 Å². The van der Waals surface area contributed by atoms with Crippen molar-refractivity contribution < 1.29 is 0 Å². The van der Waals surface area contributed by atoms with E-state index in [1.54, 1.807) is 0 Å². The number of hydrogen-bond donors (Lipinski definition) is 0. The smallest absolute Gasteiger partial charge is 0.0574 e. The van der Waals surface area contributed by atoms with Crippen LogP contribution in [-0.4, -0.2) is 8.07 Å². The van der Waals surface area contributed by atoms with Gasteiger partial charge in [0.15, 0.2) is 0 Å². The molecule has 0 heterocycles. The SMILES string of the molecule is C[Si](C)(C)C1C(c2ccccc2)=CC=c2ccc3c4c(ccc3c21)=CC=C4. The predicted molar refractivity (Wildman–Crippen MR) is 122 cm³/mol. The molecule has 0 saturated carbocycles. The zero-order chi connectivity index (χ0) is 18.6. The van der Waals surface area contributed by atoms with E-state index < -0.39 is 8.07 Å². The van der Waals surface area contributed by atoms with Crippen molar-refractivity contribution >= 4 is 42.6 Å². The van der Waals surface area contributed by atoms with Gasteiger partial charge in [0.1, 0.15) is 0 Å². The molecule has 0 radical (unpaired) electrons. The Morgan fingerprint density at radius 1 is 0.704 bits per heavy atom. The highest BCUT2D eigenvalue weighted by molar-refractivity contribution is 6.79. The van der Waals surface area contributed by atoms with Crippen LogP contribution in [0.15, 0.2) is 66.7 Å². The van der Waals surface area contributed by atoms with E-state index in [0.717, 1.165) is 0 Å². The van der Waals surface area contributed by atoms with Crippen molar-refractivity contribution in [2.24, 2.45) is 0 Å². The monoisotopic (exact) mass is 364 g/mol. The largest absolute Gasteiger partial charge is 0.0688 e. The molecule has 5 rings (SSSR count). The number of rotatable bonds is 2. The van der Waals surface area contributed by atoms with E-state index in [1.807, 2.05) is 0 Å². The van der Waals surface area contributed by atoms with Gasteiger partial charge in [-0.05, 0) is 43.5 Å². The molecule has 3 aromatic carbocycles. The zero-order valence-corrected chi connectivity index (χ0v) is 17.2. The first-order chi connectivity index (χ1) is 13.0. The lowest BCUT2D eigenvalue weighted by atomic mass is 9.87. The third-order valence-electron chi connectivity index (χ3n) is 5.91. The molecule has 2 aliphatic rings. The van der Waals surface area contributed by atoms with Crippen molar-refractivity contribution in [2.75, 3.05) is 0 Å². The van der Waals surface area contributed by atoms with Crippen LogP contribution in [-0.2, 0) is 0 Å². The molecule has 0 nitrogen and oxygen atoms in total. The standard InChI is InChI=1S/C26H24Si/c1-27(2,3)26-22(18-8-5-4-6-9-18)15-13-20-14-16-23-21-11-7-10-19(21)12-17-24(23)25(20)26/h4-17,26H,1-3H3. The van der Waals surface area contributed by atoms with E-state index in [0.29, 0.717) is 5.54 Å². The normalized spacial score (nSPS) is 17.7. The first-order valence-electron chi connectivity index (χ1n) is 9.75. The summed E-state index contributed by atoms with van der Waals surface area (Å²) in [6.45, 7) is 7.51. The summed E-state index contributed by atoms with van der Waals surface area (Å²) < 4.78 is 0. The van der Waals surface area contributed by atoms with Crippen molar-refractivity contribution in [3.8, 4) is 0 Å². The van der Waals surface area contributed by atoms with E-state index >= 15 is 0 Å². The van der Waals surface area contributed by atoms with Gasteiger partial charge in [-0.25, -0.2) is 0 Å². The Morgan fingerprint density at radius 3 is 2.22 bits per heavy atom. The van der Waals surface area contributed by atoms with Crippen LogP contribution in [0.4, 0.5) is 0 Å². The van der Waals surface area contributed by atoms with E-state index in [9.17, 15) is 0 Å². The van der Waals surface area contributed by atoms with Gasteiger partial charge in [-0.1, -0.05) is 105 Å². The fourth-order valence-corrected chi connectivity index (χ4v) is 7.14. The van der Waals surface area contributed by atoms with E-state index in [1.165, 1.54) is 43.5 Å². The van der Waals surface area contributed by atoms with Crippen LogP contribution in [0.1, 0.15) is 22.2 Å². The molecule has 0 spiro atoms. The summed E-state index contributed by atoms with van der Waals surface area (Å²) in [4.78, 5) is 0. The lowest BCUT2D eigenvalue weighted by Crippen LogP contribution is -2.36. The average molecular weight is 365 g/mol. The second-order valence-corrected chi connectivity index (χ2v) is 14.0. The van der Waals surface area contributed by atoms with Gasteiger partial charge in [0, 0.05) is 5.54 Å². The zero-order valence-electron chi connectivity index (χ0n) is 16.2. The fraction of sp³-hybridized carbons (Fsp3) is 0.154. The van der Waals surface area contributed by atoms with Gasteiger partial charge < -0.3 is 0 Å². The highest BCUT2D eigenvalue weighted by atomic mass is 28.3. The Bertz CT molecular complexity index is 1240. The van der Waals surface area contributed by atoms with Gasteiger partial charge in [0.05, 0.1) is 8.07 Å².